The molecule has 17 heavy (non-hydrogen) atoms. The Hall–Kier alpha value is -1.68. The van der Waals surface area contributed by atoms with Crippen LogP contribution < -0.4 is 0 Å². The van der Waals surface area contributed by atoms with Crippen LogP contribution in [0.4, 0.5) is 0 Å². The predicted octanol–water partition coefficient (Wildman–Crippen LogP) is 2.02. The van der Waals surface area contributed by atoms with Crippen molar-refractivity contribution in [3.63, 3.8) is 0 Å². The van der Waals surface area contributed by atoms with Crippen molar-refractivity contribution >= 4 is 0 Å². The van der Waals surface area contributed by atoms with E-state index in [1.54, 1.807) is 0 Å². The van der Waals surface area contributed by atoms with Crippen LogP contribution in [0, 0.1) is 0 Å². The van der Waals surface area contributed by atoms with E-state index < -0.39 is 0 Å². The van der Waals surface area contributed by atoms with Crippen molar-refractivity contribution in [2.45, 2.75) is 33.4 Å². The first-order valence-corrected chi connectivity index (χ1v) is 5.92. The van der Waals surface area contributed by atoms with Crippen molar-refractivity contribution in [2.24, 2.45) is 0 Å². The molecule has 0 spiro atoms. The van der Waals surface area contributed by atoms with E-state index in [1.165, 1.54) is 5.56 Å². The fourth-order valence-electron chi connectivity index (χ4n) is 1.89. The Morgan fingerprint density at radius 1 is 1.12 bits per heavy atom. The molecule has 1 heterocycles. The molecule has 0 fully saturated rings. The van der Waals surface area contributed by atoms with Crippen LogP contribution in [0.3, 0.4) is 0 Å². The van der Waals surface area contributed by atoms with Gasteiger partial charge in [-0.1, -0.05) is 31.2 Å². The van der Waals surface area contributed by atoms with Crippen LogP contribution in [0.25, 0.3) is 11.4 Å². The molecular formula is C13H17N3O. The Kier molecular flexibility index (Phi) is 3.54. The molecule has 0 aliphatic carbocycles. The first kappa shape index (κ1) is 11.8. The molecule has 0 amide bonds. The standard InChI is InChI=1S/C13H17N3O/c1-3-10-5-7-11(8-6-10)13-15-14-12(9-17)16(13)4-2/h5-8,17H,3-4,9H2,1-2H3. The van der Waals surface area contributed by atoms with Gasteiger partial charge in [-0.3, -0.25) is 0 Å². The summed E-state index contributed by atoms with van der Waals surface area (Å²) in [6.07, 6.45) is 1.03. The quantitative estimate of drug-likeness (QED) is 0.875. The van der Waals surface area contributed by atoms with Gasteiger partial charge in [0.05, 0.1) is 0 Å². The van der Waals surface area contributed by atoms with Crippen LogP contribution in [0.15, 0.2) is 24.3 Å². The molecule has 0 bridgehead atoms. The summed E-state index contributed by atoms with van der Waals surface area (Å²) in [5.74, 6) is 1.43. The molecule has 2 rings (SSSR count). The van der Waals surface area contributed by atoms with E-state index in [2.05, 4.69) is 41.4 Å². The second-order valence-corrected chi connectivity index (χ2v) is 3.89. The summed E-state index contributed by atoms with van der Waals surface area (Å²) in [6, 6.07) is 8.30. The fraction of sp³-hybridized carbons (Fsp3) is 0.385. The number of aryl methyl sites for hydroxylation is 1. The third-order valence-electron chi connectivity index (χ3n) is 2.91. The van der Waals surface area contributed by atoms with E-state index >= 15 is 0 Å². The number of benzene rings is 1. The number of rotatable bonds is 4. The summed E-state index contributed by atoms with van der Waals surface area (Å²) in [5, 5.41) is 17.3. The molecule has 0 radical (unpaired) electrons. The fourth-order valence-corrected chi connectivity index (χ4v) is 1.89. The molecule has 4 nitrogen and oxygen atoms in total. The van der Waals surface area contributed by atoms with Crippen LogP contribution in [0.2, 0.25) is 0 Å². The van der Waals surface area contributed by atoms with Gasteiger partial charge in [0.15, 0.2) is 11.6 Å². The van der Waals surface area contributed by atoms with E-state index in [9.17, 15) is 0 Å². The Labute approximate surface area is 101 Å². The van der Waals surface area contributed by atoms with E-state index in [1.807, 2.05) is 11.5 Å². The highest BCUT2D eigenvalue weighted by Crippen LogP contribution is 2.19. The van der Waals surface area contributed by atoms with E-state index in [0.29, 0.717) is 5.82 Å². The van der Waals surface area contributed by atoms with Crippen molar-refractivity contribution < 1.29 is 5.11 Å². The molecule has 1 aromatic carbocycles. The third-order valence-corrected chi connectivity index (χ3v) is 2.91. The molecule has 0 unspecified atom stereocenters. The van der Waals surface area contributed by atoms with Gasteiger partial charge in [-0.15, -0.1) is 10.2 Å². The minimum Gasteiger partial charge on any atom is -0.388 e. The maximum Gasteiger partial charge on any atom is 0.164 e. The number of aliphatic hydroxyl groups excluding tert-OH is 1. The number of aliphatic hydroxyl groups is 1. The highest BCUT2D eigenvalue weighted by molar-refractivity contribution is 5.55. The van der Waals surface area contributed by atoms with E-state index in [-0.39, 0.29) is 6.61 Å². The summed E-state index contributed by atoms with van der Waals surface area (Å²) in [5.41, 5.74) is 2.34. The summed E-state index contributed by atoms with van der Waals surface area (Å²) in [4.78, 5) is 0. The van der Waals surface area contributed by atoms with Crippen LogP contribution in [0.1, 0.15) is 25.2 Å². The SMILES string of the molecule is CCc1ccc(-c2nnc(CO)n2CC)cc1. The lowest BCUT2D eigenvalue weighted by atomic mass is 10.1. The highest BCUT2D eigenvalue weighted by Gasteiger charge is 2.11. The smallest absolute Gasteiger partial charge is 0.164 e. The Morgan fingerprint density at radius 3 is 2.35 bits per heavy atom. The molecule has 1 N–H and O–H groups in total. The Balaban J connectivity index is 2.41. The van der Waals surface area contributed by atoms with Gasteiger partial charge < -0.3 is 9.67 Å². The van der Waals surface area contributed by atoms with Gasteiger partial charge in [0.2, 0.25) is 0 Å². The van der Waals surface area contributed by atoms with Gasteiger partial charge in [-0.25, -0.2) is 0 Å². The summed E-state index contributed by atoms with van der Waals surface area (Å²) in [6.45, 7) is 4.83. The maximum atomic E-state index is 9.17. The predicted molar refractivity (Wildman–Crippen MR) is 66.4 cm³/mol. The average Bonchev–Trinajstić information content (AvgIpc) is 2.81. The minimum atomic E-state index is -0.0755. The first-order chi connectivity index (χ1) is 8.30. The van der Waals surface area contributed by atoms with Crippen molar-refractivity contribution in [1.82, 2.24) is 14.8 Å². The van der Waals surface area contributed by atoms with Gasteiger partial charge in [0.25, 0.3) is 0 Å². The van der Waals surface area contributed by atoms with Crippen molar-refractivity contribution in [3.05, 3.63) is 35.7 Å². The van der Waals surface area contributed by atoms with Crippen molar-refractivity contribution in [3.8, 4) is 11.4 Å². The zero-order valence-electron chi connectivity index (χ0n) is 10.2. The number of aromatic nitrogens is 3. The molecule has 90 valence electrons. The lowest BCUT2D eigenvalue weighted by molar-refractivity contribution is 0.265. The maximum absolute atomic E-state index is 9.17. The summed E-state index contributed by atoms with van der Waals surface area (Å²) in [7, 11) is 0. The van der Waals surface area contributed by atoms with Crippen LogP contribution >= 0.6 is 0 Å². The summed E-state index contributed by atoms with van der Waals surface area (Å²) >= 11 is 0. The monoisotopic (exact) mass is 231 g/mol. The van der Waals surface area contributed by atoms with Gasteiger partial charge in [0.1, 0.15) is 6.61 Å². The number of nitrogens with zero attached hydrogens (tertiary/aromatic N) is 3. The van der Waals surface area contributed by atoms with E-state index in [0.717, 1.165) is 24.4 Å². The zero-order chi connectivity index (χ0) is 12.3. The highest BCUT2D eigenvalue weighted by atomic mass is 16.3. The Morgan fingerprint density at radius 2 is 1.82 bits per heavy atom. The summed E-state index contributed by atoms with van der Waals surface area (Å²) < 4.78 is 1.93. The van der Waals surface area contributed by atoms with Crippen molar-refractivity contribution in [2.75, 3.05) is 0 Å². The molecule has 0 atom stereocenters. The number of hydrogen-bond acceptors (Lipinski definition) is 3. The van der Waals surface area contributed by atoms with Crippen LogP contribution in [-0.2, 0) is 19.6 Å². The van der Waals surface area contributed by atoms with E-state index in [4.69, 9.17) is 5.11 Å². The largest absolute Gasteiger partial charge is 0.388 e. The zero-order valence-corrected chi connectivity index (χ0v) is 10.2. The van der Waals surface area contributed by atoms with Crippen molar-refractivity contribution in [1.29, 1.82) is 0 Å². The molecule has 0 saturated carbocycles. The molecule has 2 aromatic rings. The lowest BCUT2D eigenvalue weighted by Crippen LogP contribution is -2.03. The number of hydrogen-bond donors (Lipinski definition) is 1. The average molecular weight is 231 g/mol. The normalized spacial score (nSPS) is 10.8. The molecule has 0 aliphatic heterocycles. The Bertz CT molecular complexity index is 488. The van der Waals surface area contributed by atoms with Gasteiger partial charge in [-0.05, 0) is 18.9 Å². The van der Waals surface area contributed by atoms with Gasteiger partial charge in [-0.2, -0.15) is 0 Å². The molecule has 1 aromatic heterocycles. The van der Waals surface area contributed by atoms with Crippen LogP contribution in [0.5, 0.6) is 0 Å². The van der Waals surface area contributed by atoms with Gasteiger partial charge in [0, 0.05) is 12.1 Å². The third kappa shape index (κ3) is 2.22. The molecular weight excluding hydrogens is 214 g/mol. The molecule has 4 heteroatoms. The van der Waals surface area contributed by atoms with Gasteiger partial charge >= 0.3 is 0 Å². The second kappa shape index (κ2) is 5.10. The minimum absolute atomic E-state index is 0.0755. The lowest BCUT2D eigenvalue weighted by Gasteiger charge is -2.06. The first-order valence-electron chi connectivity index (χ1n) is 5.92. The van der Waals surface area contributed by atoms with Crippen LogP contribution in [-0.4, -0.2) is 19.9 Å². The topological polar surface area (TPSA) is 50.9 Å². The molecule has 0 aliphatic rings. The second-order valence-electron chi connectivity index (χ2n) is 3.89. The molecule has 0 saturated heterocycles.